The van der Waals surface area contributed by atoms with Crippen molar-refractivity contribution >= 4 is 0 Å². The third-order valence-corrected chi connectivity index (χ3v) is 4.44. The molecule has 1 atom stereocenters. The predicted molar refractivity (Wildman–Crippen MR) is 71.1 cm³/mol. The van der Waals surface area contributed by atoms with Gasteiger partial charge in [-0.05, 0) is 29.1 Å². The summed E-state index contributed by atoms with van der Waals surface area (Å²) >= 11 is 0. The van der Waals surface area contributed by atoms with E-state index in [0.29, 0.717) is 10.8 Å². The highest BCUT2D eigenvalue weighted by Crippen LogP contribution is 2.48. The molecule has 92 valence electrons. The lowest BCUT2D eigenvalue weighted by molar-refractivity contribution is 0.0400. The molecule has 0 aromatic rings. The van der Waals surface area contributed by atoms with Gasteiger partial charge < -0.3 is 0 Å². The van der Waals surface area contributed by atoms with Crippen LogP contribution >= 0.6 is 0 Å². The Morgan fingerprint density at radius 1 is 0.867 bits per heavy atom. The summed E-state index contributed by atoms with van der Waals surface area (Å²) in [6.07, 6.45) is 4.01. The largest absolute Gasteiger partial charge is 0.0648 e. The molecule has 0 aromatic heterocycles. The van der Waals surface area contributed by atoms with Gasteiger partial charge in [-0.25, -0.2) is 0 Å². The summed E-state index contributed by atoms with van der Waals surface area (Å²) in [6, 6.07) is 0. The molecule has 0 spiro atoms. The minimum atomic E-state index is 0.431. The molecular weight excluding hydrogens is 180 g/mol. The van der Waals surface area contributed by atoms with Gasteiger partial charge in [0.25, 0.3) is 0 Å². The molecule has 0 aliphatic carbocycles. The van der Waals surface area contributed by atoms with Crippen LogP contribution in [0.25, 0.3) is 0 Å². The molecule has 0 saturated carbocycles. The van der Waals surface area contributed by atoms with E-state index >= 15 is 0 Å². The van der Waals surface area contributed by atoms with E-state index in [1.54, 1.807) is 0 Å². The summed E-state index contributed by atoms with van der Waals surface area (Å²) in [5.41, 5.74) is 0.979. The van der Waals surface area contributed by atoms with Crippen molar-refractivity contribution < 1.29 is 0 Å². The van der Waals surface area contributed by atoms with Crippen molar-refractivity contribution in [3.8, 4) is 0 Å². The Bertz CT molecular complexity index is 167. The van der Waals surface area contributed by atoms with E-state index in [1.165, 1.54) is 19.3 Å². The second-order valence-electron chi connectivity index (χ2n) is 6.76. The summed E-state index contributed by atoms with van der Waals surface area (Å²) < 4.78 is 0. The zero-order valence-corrected chi connectivity index (χ0v) is 12.3. The molecule has 0 heteroatoms. The van der Waals surface area contributed by atoms with Crippen LogP contribution in [0.5, 0.6) is 0 Å². The lowest BCUT2D eigenvalue weighted by Crippen LogP contribution is -2.37. The summed E-state index contributed by atoms with van der Waals surface area (Å²) in [5, 5.41) is 0. The third-order valence-electron chi connectivity index (χ3n) is 4.44. The van der Waals surface area contributed by atoms with Crippen molar-refractivity contribution in [1.82, 2.24) is 0 Å². The van der Waals surface area contributed by atoms with E-state index < -0.39 is 0 Å². The maximum atomic E-state index is 2.45. The highest BCUT2D eigenvalue weighted by Gasteiger charge is 2.39. The lowest BCUT2D eigenvalue weighted by Gasteiger charge is -2.46. The van der Waals surface area contributed by atoms with Gasteiger partial charge in [-0.3, -0.25) is 0 Å². The standard InChI is InChI=1S/C15H32/c1-9-15(10-2,11-12(3)4)13(5)14(6,7)8/h12-13H,9-11H2,1-8H3. The van der Waals surface area contributed by atoms with Gasteiger partial charge >= 0.3 is 0 Å². The molecule has 15 heavy (non-hydrogen) atoms. The number of hydrogen-bond donors (Lipinski definition) is 0. The first-order chi connectivity index (χ1) is 6.69. The molecule has 0 radical (unpaired) electrons. The minimum absolute atomic E-state index is 0.431. The first-order valence-corrected chi connectivity index (χ1v) is 6.69. The Morgan fingerprint density at radius 2 is 1.27 bits per heavy atom. The second kappa shape index (κ2) is 5.37. The Labute approximate surface area is 97.8 Å². The van der Waals surface area contributed by atoms with Gasteiger partial charge in [-0.15, -0.1) is 0 Å². The van der Waals surface area contributed by atoms with E-state index in [2.05, 4.69) is 55.4 Å². The zero-order valence-electron chi connectivity index (χ0n) is 12.3. The maximum Gasteiger partial charge on any atom is -0.0270 e. The normalized spacial score (nSPS) is 15.8. The average Bonchev–Trinajstić information content (AvgIpc) is 2.11. The van der Waals surface area contributed by atoms with E-state index in [4.69, 9.17) is 0 Å². The van der Waals surface area contributed by atoms with Crippen molar-refractivity contribution in [2.24, 2.45) is 22.7 Å². The van der Waals surface area contributed by atoms with Gasteiger partial charge in [0.2, 0.25) is 0 Å². The van der Waals surface area contributed by atoms with E-state index in [9.17, 15) is 0 Å². The second-order valence-corrected chi connectivity index (χ2v) is 6.76. The van der Waals surface area contributed by atoms with Gasteiger partial charge in [-0.1, -0.05) is 68.2 Å². The fourth-order valence-electron chi connectivity index (χ4n) is 3.06. The topological polar surface area (TPSA) is 0 Å². The van der Waals surface area contributed by atoms with Crippen molar-refractivity contribution in [1.29, 1.82) is 0 Å². The van der Waals surface area contributed by atoms with E-state index in [-0.39, 0.29) is 0 Å². The van der Waals surface area contributed by atoms with Crippen molar-refractivity contribution in [3.05, 3.63) is 0 Å². The monoisotopic (exact) mass is 212 g/mol. The third kappa shape index (κ3) is 3.81. The maximum absolute atomic E-state index is 2.45. The van der Waals surface area contributed by atoms with Crippen molar-refractivity contribution in [3.63, 3.8) is 0 Å². The molecule has 0 amide bonds. The van der Waals surface area contributed by atoms with Crippen LogP contribution in [0.15, 0.2) is 0 Å². The molecular formula is C15H32. The number of hydrogen-bond acceptors (Lipinski definition) is 0. The molecule has 0 fully saturated rings. The van der Waals surface area contributed by atoms with Crippen LogP contribution in [-0.4, -0.2) is 0 Å². The Balaban J connectivity index is 4.92. The van der Waals surface area contributed by atoms with Crippen LogP contribution in [-0.2, 0) is 0 Å². The molecule has 1 unspecified atom stereocenters. The molecule has 0 rings (SSSR count). The fraction of sp³-hybridized carbons (Fsp3) is 1.00. The summed E-state index contributed by atoms with van der Waals surface area (Å²) in [6.45, 7) is 19.1. The van der Waals surface area contributed by atoms with Gasteiger partial charge in [0, 0.05) is 0 Å². The number of rotatable bonds is 5. The van der Waals surface area contributed by atoms with Gasteiger partial charge in [0.05, 0.1) is 0 Å². The highest BCUT2D eigenvalue weighted by molar-refractivity contribution is 4.89. The predicted octanol–water partition coefficient (Wildman–Crippen LogP) is 5.52. The smallest absolute Gasteiger partial charge is 0.0270 e. The van der Waals surface area contributed by atoms with Crippen LogP contribution in [0.2, 0.25) is 0 Å². The molecule has 0 nitrogen and oxygen atoms in total. The molecule has 0 aliphatic rings. The molecule has 0 heterocycles. The first-order valence-electron chi connectivity index (χ1n) is 6.69. The molecule has 0 bridgehead atoms. The average molecular weight is 212 g/mol. The Hall–Kier alpha value is 0. The lowest BCUT2D eigenvalue weighted by atomic mass is 9.59. The quantitative estimate of drug-likeness (QED) is 0.563. The van der Waals surface area contributed by atoms with Crippen LogP contribution in [0.1, 0.15) is 74.7 Å². The van der Waals surface area contributed by atoms with Crippen LogP contribution in [0.3, 0.4) is 0 Å². The zero-order chi connectivity index (χ0) is 12.3. The van der Waals surface area contributed by atoms with Crippen molar-refractivity contribution in [2.75, 3.05) is 0 Å². The fourth-order valence-corrected chi connectivity index (χ4v) is 3.06. The summed E-state index contributed by atoms with van der Waals surface area (Å²) in [5.74, 6) is 1.61. The molecule has 0 N–H and O–H groups in total. The molecule has 0 saturated heterocycles. The first kappa shape index (κ1) is 15.0. The SMILES string of the molecule is CCC(CC)(CC(C)C)C(C)C(C)(C)C. The van der Waals surface area contributed by atoms with Gasteiger partial charge in [-0.2, -0.15) is 0 Å². The highest BCUT2D eigenvalue weighted by atomic mass is 14.4. The van der Waals surface area contributed by atoms with E-state index in [0.717, 1.165) is 11.8 Å². The Morgan fingerprint density at radius 3 is 1.47 bits per heavy atom. The molecule has 0 aliphatic heterocycles. The summed E-state index contributed by atoms with van der Waals surface area (Å²) in [7, 11) is 0. The minimum Gasteiger partial charge on any atom is -0.0648 e. The van der Waals surface area contributed by atoms with Crippen LogP contribution in [0.4, 0.5) is 0 Å². The summed E-state index contributed by atoms with van der Waals surface area (Å²) in [4.78, 5) is 0. The van der Waals surface area contributed by atoms with Gasteiger partial charge in [0.1, 0.15) is 0 Å². The van der Waals surface area contributed by atoms with E-state index in [1.807, 2.05) is 0 Å². The van der Waals surface area contributed by atoms with Crippen LogP contribution < -0.4 is 0 Å². The molecule has 0 aromatic carbocycles. The Kier molecular flexibility index (Phi) is 5.37. The van der Waals surface area contributed by atoms with Gasteiger partial charge in [0.15, 0.2) is 0 Å². The van der Waals surface area contributed by atoms with Crippen molar-refractivity contribution in [2.45, 2.75) is 74.7 Å². The van der Waals surface area contributed by atoms with Crippen LogP contribution in [0, 0.1) is 22.7 Å².